The summed E-state index contributed by atoms with van der Waals surface area (Å²) < 4.78 is 0. The molecule has 0 saturated carbocycles. The van der Waals surface area contributed by atoms with Crippen molar-refractivity contribution in [3.05, 3.63) is 45.6 Å². The Morgan fingerprint density at radius 2 is 1.44 bits per heavy atom. The van der Waals surface area contributed by atoms with Crippen LogP contribution in [0.3, 0.4) is 0 Å². The minimum absolute atomic E-state index is 0.348. The highest BCUT2D eigenvalue weighted by Gasteiger charge is 2.48. The number of ketones is 1. The van der Waals surface area contributed by atoms with Gasteiger partial charge in [0, 0.05) is 18.4 Å². The van der Waals surface area contributed by atoms with Crippen molar-refractivity contribution < 1.29 is 4.79 Å². The Bertz CT molecular complexity index is 820. The van der Waals surface area contributed by atoms with Crippen molar-refractivity contribution in [2.24, 2.45) is 5.41 Å². The average molecular weight is 359 g/mol. The lowest BCUT2D eigenvalue weighted by molar-refractivity contribution is -0.123. The van der Waals surface area contributed by atoms with Crippen LogP contribution in [0.1, 0.15) is 78.1 Å². The van der Waals surface area contributed by atoms with E-state index in [9.17, 15) is 4.79 Å². The quantitative estimate of drug-likeness (QED) is 0.371. The smallest absolute Gasteiger partial charge is 0.173 e. The van der Waals surface area contributed by atoms with Crippen LogP contribution in [0.2, 0.25) is 0 Å². The summed E-state index contributed by atoms with van der Waals surface area (Å²) in [6.45, 7) is 4.34. The first-order valence-corrected chi connectivity index (χ1v) is 10.3. The fourth-order valence-corrected chi connectivity index (χ4v) is 4.99. The Kier molecular flexibility index (Phi) is 5.92. The molecular weight excluding hydrogens is 328 g/mol. The van der Waals surface area contributed by atoms with Gasteiger partial charge < -0.3 is 0 Å². The number of carbonyl (C=O) groups excluding carboxylic acids is 1. The summed E-state index contributed by atoms with van der Waals surface area (Å²) >= 11 is 0. The molecule has 1 heteroatoms. The van der Waals surface area contributed by atoms with Crippen LogP contribution in [-0.4, -0.2) is 5.78 Å². The topological polar surface area (TPSA) is 17.1 Å². The molecule has 1 nitrogen and oxygen atoms in total. The molecule has 0 saturated heterocycles. The summed E-state index contributed by atoms with van der Waals surface area (Å²) in [6, 6.07) is 0. The predicted octanol–water partition coefficient (Wildman–Crippen LogP) is 6.24. The Morgan fingerprint density at radius 3 is 2.04 bits per heavy atom. The van der Waals surface area contributed by atoms with E-state index in [0.717, 1.165) is 69.8 Å². The molecule has 0 spiro atoms. The fraction of sp³-hybridized carbons (Fsp3) is 0.500. The van der Waals surface area contributed by atoms with E-state index < -0.39 is 0 Å². The van der Waals surface area contributed by atoms with Crippen molar-refractivity contribution in [3.8, 4) is 24.7 Å². The molecule has 140 valence electrons. The molecular formula is C26H30O. The predicted molar refractivity (Wildman–Crippen MR) is 113 cm³/mol. The van der Waals surface area contributed by atoms with Crippen molar-refractivity contribution in [3.63, 3.8) is 0 Å². The number of carbonyl (C=O) groups is 1. The van der Waals surface area contributed by atoms with Gasteiger partial charge in [-0.25, -0.2) is 0 Å². The van der Waals surface area contributed by atoms with Gasteiger partial charge in [-0.3, -0.25) is 4.79 Å². The highest BCUT2D eigenvalue weighted by atomic mass is 16.1. The first-order chi connectivity index (χ1) is 13.0. The molecule has 0 amide bonds. The van der Waals surface area contributed by atoms with Crippen LogP contribution in [-0.2, 0) is 4.79 Å². The van der Waals surface area contributed by atoms with Gasteiger partial charge in [0.25, 0.3) is 0 Å². The highest BCUT2D eigenvalue weighted by molar-refractivity contribution is 6.09. The third-order valence-corrected chi connectivity index (χ3v) is 6.25. The number of Topliss-reactive ketones (excluding diaryl/α,β-unsaturated/α-hetero) is 1. The average Bonchev–Trinajstić information content (AvgIpc) is 3.22. The molecule has 0 aromatic carbocycles. The normalized spacial score (nSPS) is 20.1. The lowest BCUT2D eigenvalue weighted by atomic mass is 9.63. The van der Waals surface area contributed by atoms with Gasteiger partial charge in [-0.2, -0.15) is 0 Å². The van der Waals surface area contributed by atoms with Gasteiger partial charge in [-0.15, -0.1) is 24.7 Å². The Labute approximate surface area is 164 Å². The number of hydrogen-bond donors (Lipinski definition) is 0. The standard InChI is InChI=1S/C26H30O/c1-5-7-9-11-13-26(14-12-10-8-6-2)24-18-20(4)16-22(24)21-15-19(3)17-23(21)25(26)27/h1-2,17-18H,7-16H2,3-4H3. The van der Waals surface area contributed by atoms with Crippen LogP contribution in [0.4, 0.5) is 0 Å². The summed E-state index contributed by atoms with van der Waals surface area (Å²) in [5.41, 5.74) is 7.34. The van der Waals surface area contributed by atoms with Crippen molar-refractivity contribution in [1.82, 2.24) is 0 Å². The van der Waals surface area contributed by atoms with Gasteiger partial charge in [-0.1, -0.05) is 36.1 Å². The number of fused-ring (bicyclic) bond motifs is 1. The van der Waals surface area contributed by atoms with E-state index in [1.807, 2.05) is 0 Å². The second kappa shape index (κ2) is 8.19. The summed E-state index contributed by atoms with van der Waals surface area (Å²) in [7, 11) is 0. The summed E-state index contributed by atoms with van der Waals surface area (Å²) in [4.78, 5) is 13.8. The van der Waals surface area contributed by atoms with Gasteiger partial charge in [0.1, 0.15) is 0 Å². The monoisotopic (exact) mass is 358 g/mol. The molecule has 0 unspecified atom stereocenters. The number of rotatable bonds is 8. The van der Waals surface area contributed by atoms with E-state index in [1.165, 1.54) is 27.9 Å². The Balaban J connectivity index is 1.97. The minimum Gasteiger partial charge on any atom is -0.293 e. The van der Waals surface area contributed by atoms with Crippen molar-refractivity contribution in [2.45, 2.75) is 78.1 Å². The maximum atomic E-state index is 13.8. The highest BCUT2D eigenvalue weighted by Crippen LogP contribution is 2.55. The number of allylic oxidation sites excluding steroid dienone is 8. The maximum absolute atomic E-state index is 13.8. The van der Waals surface area contributed by atoms with Gasteiger partial charge in [-0.05, 0) is 69.1 Å². The molecule has 3 rings (SSSR count). The first kappa shape index (κ1) is 19.5. The van der Waals surface area contributed by atoms with Crippen LogP contribution >= 0.6 is 0 Å². The SMILES string of the molecule is C#CCCCCC1(CCCCC#C)C(=O)C2=C(CC(C)=C2)C2=C1C=C(C)C2. The van der Waals surface area contributed by atoms with Gasteiger partial charge in [0.2, 0.25) is 0 Å². The molecule has 0 fully saturated rings. The molecule has 0 aromatic heterocycles. The van der Waals surface area contributed by atoms with Gasteiger partial charge >= 0.3 is 0 Å². The Hall–Kier alpha value is -2.25. The molecule has 0 aliphatic heterocycles. The van der Waals surface area contributed by atoms with E-state index in [4.69, 9.17) is 12.8 Å². The molecule has 0 radical (unpaired) electrons. The first-order valence-electron chi connectivity index (χ1n) is 10.3. The largest absolute Gasteiger partial charge is 0.293 e. The number of terminal acetylenes is 2. The molecule has 0 bridgehead atoms. The fourth-order valence-electron chi connectivity index (χ4n) is 4.99. The second-order valence-electron chi connectivity index (χ2n) is 8.35. The van der Waals surface area contributed by atoms with Crippen molar-refractivity contribution in [1.29, 1.82) is 0 Å². The molecule has 0 aromatic rings. The molecule has 27 heavy (non-hydrogen) atoms. The van der Waals surface area contributed by atoms with E-state index in [-0.39, 0.29) is 5.41 Å². The van der Waals surface area contributed by atoms with Crippen LogP contribution in [0.5, 0.6) is 0 Å². The van der Waals surface area contributed by atoms with Crippen LogP contribution in [0.25, 0.3) is 0 Å². The lowest BCUT2D eigenvalue weighted by Gasteiger charge is -2.38. The molecule has 0 atom stereocenters. The zero-order valence-electron chi connectivity index (χ0n) is 16.8. The molecule has 3 aliphatic carbocycles. The molecule has 0 heterocycles. The number of hydrogen-bond acceptors (Lipinski definition) is 1. The minimum atomic E-state index is -0.379. The molecule has 3 aliphatic rings. The Morgan fingerprint density at radius 1 is 0.889 bits per heavy atom. The zero-order chi connectivity index (χ0) is 19.4. The van der Waals surface area contributed by atoms with E-state index in [2.05, 4.69) is 37.8 Å². The van der Waals surface area contributed by atoms with Gasteiger partial charge in [0.15, 0.2) is 5.78 Å². The maximum Gasteiger partial charge on any atom is 0.173 e. The second-order valence-corrected chi connectivity index (χ2v) is 8.35. The van der Waals surface area contributed by atoms with Crippen LogP contribution in [0.15, 0.2) is 45.6 Å². The van der Waals surface area contributed by atoms with E-state index in [1.54, 1.807) is 0 Å². The van der Waals surface area contributed by atoms with Gasteiger partial charge in [0.05, 0.1) is 5.41 Å². The van der Waals surface area contributed by atoms with E-state index in [0.29, 0.717) is 5.78 Å². The lowest BCUT2D eigenvalue weighted by Crippen LogP contribution is -2.37. The van der Waals surface area contributed by atoms with E-state index >= 15 is 0 Å². The number of unbranched alkanes of at least 4 members (excludes halogenated alkanes) is 4. The third-order valence-electron chi connectivity index (χ3n) is 6.25. The van der Waals surface area contributed by atoms with Crippen molar-refractivity contribution in [2.75, 3.05) is 0 Å². The third kappa shape index (κ3) is 3.61. The van der Waals surface area contributed by atoms with Crippen LogP contribution < -0.4 is 0 Å². The van der Waals surface area contributed by atoms with Crippen molar-refractivity contribution >= 4 is 5.78 Å². The summed E-state index contributed by atoms with van der Waals surface area (Å²) in [6.07, 6.45) is 24.6. The zero-order valence-corrected chi connectivity index (χ0v) is 16.8. The summed E-state index contributed by atoms with van der Waals surface area (Å²) in [5.74, 6) is 5.82. The van der Waals surface area contributed by atoms with Crippen LogP contribution in [0, 0.1) is 30.1 Å². The summed E-state index contributed by atoms with van der Waals surface area (Å²) in [5, 5.41) is 0. The molecule has 0 N–H and O–H groups in total.